The van der Waals surface area contributed by atoms with E-state index in [-0.39, 0.29) is 0 Å². The van der Waals surface area contributed by atoms with Crippen LogP contribution in [0.25, 0.3) is 11.1 Å². The molecule has 0 saturated carbocycles. The Morgan fingerprint density at radius 1 is 0.242 bits per heavy atom. The molecule has 8 unspecified atom stereocenters. The molecular formula is C58H60P8. The Hall–Kier alpha value is -2.80. The zero-order valence-corrected chi connectivity index (χ0v) is 45.0. The summed E-state index contributed by atoms with van der Waals surface area (Å²) in [5.41, 5.74) is 2.61. The molecule has 1 saturated heterocycles. The average Bonchev–Trinajstić information content (AvgIpc) is 3.40. The van der Waals surface area contributed by atoms with Crippen molar-refractivity contribution in [2.45, 2.75) is 51.4 Å². The third kappa shape index (κ3) is 12.5. The zero-order valence-electron chi connectivity index (χ0n) is 37.7. The smallest absolute Gasteiger partial charge is 0.00564 e. The second-order valence-corrected chi connectivity index (χ2v) is 48.5. The molecule has 8 atom stereocenters. The quantitative estimate of drug-likeness (QED) is 0.133. The largest absolute Gasteiger partial charge is 0.0862 e. The van der Waals surface area contributed by atoms with E-state index < -0.39 is 51.4 Å². The first-order chi connectivity index (χ1) is 32.8. The Morgan fingerprint density at radius 2 is 0.561 bits per heavy atom. The topological polar surface area (TPSA) is 0 Å². The molecule has 0 N–H and O–H groups in total. The molecule has 1 aliphatic heterocycles. The van der Waals surface area contributed by atoms with Gasteiger partial charge in [0.15, 0.2) is 0 Å². The molecule has 66 heavy (non-hydrogen) atoms. The molecule has 9 rings (SSSR count). The van der Waals surface area contributed by atoms with E-state index in [4.69, 9.17) is 0 Å². The van der Waals surface area contributed by atoms with E-state index in [1.54, 1.807) is 37.1 Å². The summed E-state index contributed by atoms with van der Waals surface area (Å²) in [5, 5.41) is 11.2. The normalized spacial score (nSPS) is 23.0. The molecule has 0 nitrogen and oxygen atoms in total. The fourth-order valence-corrected chi connectivity index (χ4v) is 86.1. The van der Waals surface area contributed by atoms with Crippen LogP contribution in [0.4, 0.5) is 0 Å². The van der Waals surface area contributed by atoms with Gasteiger partial charge in [-0.3, -0.25) is 0 Å². The molecule has 0 aromatic heterocycles. The Balaban J connectivity index is 1.34. The Bertz CT molecular complexity index is 2590. The van der Waals surface area contributed by atoms with E-state index in [9.17, 15) is 0 Å². The molecule has 0 aliphatic carbocycles. The summed E-state index contributed by atoms with van der Waals surface area (Å²) in [5.74, 6) is 0. The molecule has 1 aliphatic rings. The van der Waals surface area contributed by atoms with Crippen LogP contribution < -0.4 is 37.1 Å². The van der Waals surface area contributed by atoms with E-state index >= 15 is 0 Å². The Morgan fingerprint density at radius 3 is 1.02 bits per heavy atom. The van der Waals surface area contributed by atoms with Crippen LogP contribution in [0.3, 0.4) is 0 Å². The van der Waals surface area contributed by atoms with Crippen LogP contribution in [0, 0.1) is 0 Å². The maximum atomic E-state index is 2.56. The van der Waals surface area contributed by atoms with Crippen LogP contribution in [0.1, 0.15) is 51.4 Å². The molecule has 0 spiro atoms. The fourth-order valence-electron chi connectivity index (χ4n) is 8.62. The number of rotatable bonds is 8. The van der Waals surface area contributed by atoms with Crippen molar-refractivity contribution in [3.05, 3.63) is 237 Å². The summed E-state index contributed by atoms with van der Waals surface area (Å²) in [4.78, 5) is 0. The molecule has 1 heterocycles. The lowest BCUT2D eigenvalue weighted by Gasteiger charge is -2.47. The first-order valence-corrected chi connectivity index (χ1v) is 39.5. The van der Waals surface area contributed by atoms with E-state index in [1.807, 2.05) is 0 Å². The first kappa shape index (κ1) is 48.2. The van der Waals surface area contributed by atoms with Gasteiger partial charge in [-0.1, -0.05) is 283 Å². The number of benzene rings is 8. The van der Waals surface area contributed by atoms with Crippen molar-refractivity contribution in [3.8, 4) is 11.1 Å². The lowest BCUT2D eigenvalue weighted by Crippen LogP contribution is -2.15. The molecule has 0 amide bonds. The van der Waals surface area contributed by atoms with E-state index in [0.717, 1.165) is 8.27 Å². The maximum absolute atomic E-state index is 2.56. The van der Waals surface area contributed by atoms with E-state index in [2.05, 4.69) is 237 Å². The lowest BCUT2D eigenvalue weighted by molar-refractivity contribution is 0.587. The highest BCUT2D eigenvalue weighted by atomic mass is 32.9. The monoisotopic (exact) mass is 1000 g/mol. The summed E-state index contributed by atoms with van der Waals surface area (Å²) >= 11 is 0. The van der Waals surface area contributed by atoms with Gasteiger partial charge in [0.05, 0.1) is 0 Å². The van der Waals surface area contributed by atoms with Gasteiger partial charge in [-0.05, 0) is 125 Å². The SMILES string of the molecule is c1ccc(-c2ccc(P3CCCCCCCCCCPP(c4ccccc4)P(c4ccccc4)P(c4ccccc4)P(c4ccccc4)P(c4ccccc4)P3c3ccccc3)cc2)cc1. The Kier molecular flexibility index (Phi) is 18.8. The fraction of sp³-hybridized carbons (Fsp3) is 0.172. The van der Waals surface area contributed by atoms with Crippen molar-refractivity contribution in [2.24, 2.45) is 0 Å². The highest BCUT2D eigenvalue weighted by Gasteiger charge is 2.46. The van der Waals surface area contributed by atoms with Crippen LogP contribution in [0.2, 0.25) is 0 Å². The van der Waals surface area contributed by atoms with E-state index in [1.165, 1.54) is 74.8 Å². The van der Waals surface area contributed by atoms with Crippen LogP contribution in [0.15, 0.2) is 237 Å². The molecule has 8 aromatic rings. The van der Waals surface area contributed by atoms with Gasteiger partial charge in [-0.25, -0.2) is 0 Å². The summed E-state index contributed by atoms with van der Waals surface area (Å²) in [6.07, 6.45) is 13.4. The summed E-state index contributed by atoms with van der Waals surface area (Å²) in [6, 6.07) is 93.4. The van der Waals surface area contributed by atoms with Crippen molar-refractivity contribution in [3.63, 3.8) is 0 Å². The highest BCUT2D eigenvalue weighted by molar-refractivity contribution is 9.02. The second kappa shape index (κ2) is 25.7. The van der Waals surface area contributed by atoms with Crippen molar-refractivity contribution in [1.29, 1.82) is 0 Å². The van der Waals surface area contributed by atoms with Crippen molar-refractivity contribution >= 4 is 96.8 Å². The van der Waals surface area contributed by atoms with Crippen LogP contribution >= 0.6 is 59.7 Å². The minimum atomic E-state index is -0.754. The third-order valence-electron chi connectivity index (χ3n) is 11.9. The van der Waals surface area contributed by atoms with Crippen LogP contribution in [0.5, 0.6) is 0 Å². The molecule has 0 radical (unpaired) electrons. The Labute approximate surface area is 405 Å². The lowest BCUT2D eigenvalue weighted by atomic mass is 10.1. The molecule has 8 heteroatoms. The number of hydrogen-bond acceptors (Lipinski definition) is 0. The molecule has 0 bridgehead atoms. The summed E-state index contributed by atoms with van der Waals surface area (Å²) < 4.78 is 0. The average molecular weight is 1000 g/mol. The predicted octanol–water partition coefficient (Wildman–Crippen LogP) is 17.5. The molecule has 332 valence electrons. The zero-order chi connectivity index (χ0) is 44.6. The summed E-state index contributed by atoms with van der Waals surface area (Å²) in [7, 11) is -3.66. The van der Waals surface area contributed by atoms with Crippen LogP contribution in [-0.2, 0) is 0 Å². The van der Waals surface area contributed by atoms with Gasteiger partial charge in [0.25, 0.3) is 0 Å². The van der Waals surface area contributed by atoms with Gasteiger partial charge in [0.2, 0.25) is 0 Å². The van der Waals surface area contributed by atoms with Crippen molar-refractivity contribution in [2.75, 3.05) is 12.3 Å². The van der Waals surface area contributed by atoms with Gasteiger partial charge in [-0.15, -0.1) is 0 Å². The first-order valence-electron chi connectivity index (χ1n) is 23.6. The van der Waals surface area contributed by atoms with Gasteiger partial charge >= 0.3 is 0 Å². The molecule has 8 aromatic carbocycles. The van der Waals surface area contributed by atoms with Gasteiger partial charge in [0.1, 0.15) is 0 Å². The van der Waals surface area contributed by atoms with Crippen molar-refractivity contribution in [1.82, 2.24) is 0 Å². The maximum Gasteiger partial charge on any atom is -0.00564 e. The highest BCUT2D eigenvalue weighted by Crippen LogP contribution is 3.09. The molecular weight excluding hydrogens is 944 g/mol. The predicted molar refractivity (Wildman–Crippen MR) is 311 cm³/mol. The summed E-state index contributed by atoms with van der Waals surface area (Å²) in [6.45, 7) is 0. The third-order valence-corrected chi connectivity index (χ3v) is 65.4. The standard InChI is InChI=1S/C58H60P8/c1-2-4-6-29-49-60(52-46-44-51(45-47-52)50-30-14-7-15-31-50)62(54-34-18-9-19-35-54)64(56-38-22-11-23-39-56)66(58-42-26-13-27-43-58)65(57-40-24-12-25-41-57)63(55-36-20-10-21-37-55)61(59-48-28-5-3-1)53-32-16-8-17-33-53/h7-27,30-47,59H,1-6,28-29,48-49H2. The molecule has 1 fully saturated rings. The van der Waals surface area contributed by atoms with Gasteiger partial charge in [-0.2, -0.15) is 0 Å². The number of hydrogen-bond donors (Lipinski definition) is 0. The van der Waals surface area contributed by atoms with Crippen LogP contribution in [-0.4, -0.2) is 12.3 Å². The van der Waals surface area contributed by atoms with Gasteiger partial charge in [0, 0.05) is 0 Å². The minimum absolute atomic E-state index is 0.493. The van der Waals surface area contributed by atoms with Gasteiger partial charge < -0.3 is 0 Å². The van der Waals surface area contributed by atoms with E-state index in [0.29, 0.717) is 0 Å². The minimum Gasteiger partial charge on any atom is -0.0862 e. The van der Waals surface area contributed by atoms with Crippen molar-refractivity contribution < 1.29 is 0 Å². The second-order valence-electron chi connectivity index (χ2n) is 16.5.